The molecular weight excluding hydrogens is 266 g/mol. The molecule has 0 atom stereocenters. The zero-order chi connectivity index (χ0) is 11.8. The highest BCUT2D eigenvalue weighted by Crippen LogP contribution is 2.48. The first-order valence-corrected chi connectivity index (χ1v) is 6.47. The minimum absolute atomic E-state index is 0.152. The van der Waals surface area contributed by atoms with Crippen molar-refractivity contribution < 1.29 is 4.74 Å². The van der Waals surface area contributed by atoms with Crippen LogP contribution in [0.4, 0.5) is 0 Å². The normalized spacial score (nSPS) is 18.0. The Hall–Kier alpha value is -0.540. The van der Waals surface area contributed by atoms with Crippen molar-refractivity contribution in [2.45, 2.75) is 31.6 Å². The Kier molecular flexibility index (Phi) is 3.27. The van der Waals surface area contributed by atoms with Crippen LogP contribution in [0.1, 0.15) is 30.4 Å². The van der Waals surface area contributed by atoms with Gasteiger partial charge in [-0.2, -0.15) is 0 Å². The maximum absolute atomic E-state index is 5.97. The van der Waals surface area contributed by atoms with Crippen LogP contribution in [0, 0.1) is 6.92 Å². The van der Waals surface area contributed by atoms with Gasteiger partial charge >= 0.3 is 0 Å². The molecule has 2 N–H and O–H groups in total. The fourth-order valence-electron chi connectivity index (χ4n) is 2.65. The zero-order valence-electron chi connectivity index (χ0n) is 9.85. The first-order valence-electron chi connectivity index (χ1n) is 5.68. The molecule has 0 spiro atoms. The van der Waals surface area contributed by atoms with Gasteiger partial charge < -0.3 is 10.5 Å². The second-order valence-corrected chi connectivity index (χ2v) is 5.44. The molecule has 0 aliphatic heterocycles. The molecule has 88 valence electrons. The molecule has 0 heterocycles. The molecule has 0 bridgehead atoms. The second-order valence-electron chi connectivity index (χ2n) is 4.59. The maximum Gasteiger partial charge on any atom is 0.123 e. The van der Waals surface area contributed by atoms with E-state index in [0.29, 0.717) is 6.54 Å². The quantitative estimate of drug-likeness (QED) is 0.925. The summed E-state index contributed by atoms with van der Waals surface area (Å²) in [7, 11) is 1.73. The first kappa shape index (κ1) is 11.9. The lowest BCUT2D eigenvalue weighted by Gasteiger charge is -2.43. The van der Waals surface area contributed by atoms with Crippen LogP contribution in [-0.4, -0.2) is 13.7 Å². The molecule has 2 nitrogen and oxygen atoms in total. The van der Waals surface area contributed by atoms with E-state index in [9.17, 15) is 0 Å². The van der Waals surface area contributed by atoms with Crippen molar-refractivity contribution in [2.24, 2.45) is 5.73 Å². The van der Waals surface area contributed by atoms with E-state index in [4.69, 9.17) is 10.5 Å². The van der Waals surface area contributed by atoms with Gasteiger partial charge in [-0.1, -0.05) is 22.4 Å². The molecule has 3 heteroatoms. The van der Waals surface area contributed by atoms with Crippen LogP contribution in [0.25, 0.3) is 0 Å². The third-order valence-corrected chi connectivity index (χ3v) is 4.67. The molecule has 1 aliphatic rings. The predicted molar refractivity (Wildman–Crippen MR) is 70.0 cm³/mol. The van der Waals surface area contributed by atoms with Crippen molar-refractivity contribution >= 4 is 15.9 Å². The fraction of sp³-hybridized carbons (Fsp3) is 0.538. The summed E-state index contributed by atoms with van der Waals surface area (Å²) in [6.07, 6.45) is 3.63. The molecule has 0 aromatic heterocycles. The smallest absolute Gasteiger partial charge is 0.123 e. The average Bonchev–Trinajstić information content (AvgIpc) is 2.23. The molecule has 1 fully saturated rings. The number of nitrogens with two attached hydrogens (primary N) is 1. The van der Waals surface area contributed by atoms with Crippen molar-refractivity contribution in [2.75, 3.05) is 13.7 Å². The van der Waals surface area contributed by atoms with Crippen molar-refractivity contribution in [1.29, 1.82) is 0 Å². The first-order chi connectivity index (χ1) is 7.64. The zero-order valence-corrected chi connectivity index (χ0v) is 11.4. The summed E-state index contributed by atoms with van der Waals surface area (Å²) >= 11 is 3.59. The van der Waals surface area contributed by atoms with Crippen LogP contribution in [0.15, 0.2) is 16.6 Å². The van der Waals surface area contributed by atoms with Gasteiger partial charge in [-0.15, -0.1) is 0 Å². The van der Waals surface area contributed by atoms with E-state index in [1.807, 2.05) is 12.1 Å². The number of methoxy groups -OCH3 is 1. The van der Waals surface area contributed by atoms with Crippen molar-refractivity contribution in [1.82, 2.24) is 0 Å². The maximum atomic E-state index is 5.97. The van der Waals surface area contributed by atoms with Gasteiger partial charge in [0.15, 0.2) is 0 Å². The van der Waals surface area contributed by atoms with Gasteiger partial charge in [-0.3, -0.25) is 0 Å². The Balaban J connectivity index is 2.56. The van der Waals surface area contributed by atoms with Gasteiger partial charge in [0.2, 0.25) is 0 Å². The second kappa shape index (κ2) is 4.38. The molecule has 2 rings (SSSR count). The molecule has 1 saturated carbocycles. The van der Waals surface area contributed by atoms with Gasteiger partial charge in [-0.25, -0.2) is 0 Å². The number of rotatable bonds is 3. The van der Waals surface area contributed by atoms with E-state index in [1.165, 1.54) is 30.4 Å². The summed E-state index contributed by atoms with van der Waals surface area (Å²) in [6.45, 7) is 2.85. The molecule has 1 aromatic rings. The van der Waals surface area contributed by atoms with Crippen LogP contribution in [0.5, 0.6) is 5.75 Å². The highest BCUT2D eigenvalue weighted by molar-refractivity contribution is 9.10. The molecule has 0 unspecified atom stereocenters. The van der Waals surface area contributed by atoms with Gasteiger partial charge in [0.05, 0.1) is 7.11 Å². The van der Waals surface area contributed by atoms with Crippen LogP contribution >= 0.6 is 15.9 Å². The summed E-state index contributed by atoms with van der Waals surface area (Å²) < 4.78 is 6.63. The van der Waals surface area contributed by atoms with Crippen LogP contribution < -0.4 is 10.5 Å². The molecule has 16 heavy (non-hydrogen) atoms. The van der Waals surface area contributed by atoms with Crippen molar-refractivity contribution in [3.8, 4) is 5.75 Å². The molecular formula is C13H18BrNO. The van der Waals surface area contributed by atoms with Crippen LogP contribution in [0.2, 0.25) is 0 Å². The van der Waals surface area contributed by atoms with E-state index < -0.39 is 0 Å². The Morgan fingerprint density at radius 2 is 2.12 bits per heavy atom. The third kappa shape index (κ3) is 1.66. The summed E-state index contributed by atoms with van der Waals surface area (Å²) in [5, 5.41) is 0. The lowest BCUT2D eigenvalue weighted by molar-refractivity contribution is 0.242. The molecule has 0 saturated heterocycles. The van der Waals surface area contributed by atoms with Crippen molar-refractivity contribution in [3.63, 3.8) is 0 Å². The highest BCUT2D eigenvalue weighted by atomic mass is 79.9. The monoisotopic (exact) mass is 283 g/mol. The number of hydrogen-bond acceptors (Lipinski definition) is 2. The van der Waals surface area contributed by atoms with Gasteiger partial charge in [0.1, 0.15) is 5.75 Å². The van der Waals surface area contributed by atoms with Crippen LogP contribution in [0.3, 0.4) is 0 Å². The predicted octanol–water partition coefficient (Wildman–Crippen LogP) is 3.15. The fourth-order valence-corrected chi connectivity index (χ4v) is 2.98. The number of hydrogen-bond donors (Lipinski definition) is 1. The van der Waals surface area contributed by atoms with Crippen molar-refractivity contribution in [3.05, 3.63) is 27.7 Å². The Morgan fingerprint density at radius 3 is 2.56 bits per heavy atom. The SMILES string of the molecule is COc1ccc(Br)c(C)c1C1(CN)CCC1. The number of ether oxygens (including phenoxy) is 1. The number of halogens is 1. The van der Waals surface area contributed by atoms with E-state index in [0.717, 1.165) is 10.2 Å². The Morgan fingerprint density at radius 1 is 1.44 bits per heavy atom. The minimum Gasteiger partial charge on any atom is -0.496 e. The minimum atomic E-state index is 0.152. The highest BCUT2D eigenvalue weighted by Gasteiger charge is 2.40. The largest absolute Gasteiger partial charge is 0.496 e. The molecule has 0 amide bonds. The van der Waals surface area contributed by atoms with E-state index in [-0.39, 0.29) is 5.41 Å². The van der Waals surface area contributed by atoms with Gasteiger partial charge in [0, 0.05) is 22.0 Å². The molecule has 0 radical (unpaired) electrons. The molecule has 1 aliphatic carbocycles. The lowest BCUT2D eigenvalue weighted by Crippen LogP contribution is -2.42. The average molecular weight is 284 g/mol. The topological polar surface area (TPSA) is 35.2 Å². The summed E-state index contributed by atoms with van der Waals surface area (Å²) in [4.78, 5) is 0. The summed E-state index contributed by atoms with van der Waals surface area (Å²) in [6, 6.07) is 4.07. The van der Waals surface area contributed by atoms with E-state index in [2.05, 4.69) is 22.9 Å². The summed E-state index contributed by atoms with van der Waals surface area (Å²) in [5.74, 6) is 0.978. The molecule has 1 aromatic carbocycles. The summed E-state index contributed by atoms with van der Waals surface area (Å²) in [5.41, 5.74) is 8.70. The third-order valence-electron chi connectivity index (χ3n) is 3.81. The lowest BCUT2D eigenvalue weighted by atomic mass is 9.63. The Bertz CT molecular complexity index is 394. The Labute approximate surface area is 105 Å². The van der Waals surface area contributed by atoms with E-state index in [1.54, 1.807) is 7.11 Å². The van der Waals surface area contributed by atoms with Gasteiger partial charge in [0.25, 0.3) is 0 Å². The van der Waals surface area contributed by atoms with Crippen LogP contribution in [-0.2, 0) is 5.41 Å². The van der Waals surface area contributed by atoms with E-state index >= 15 is 0 Å². The number of benzene rings is 1. The standard InChI is InChI=1S/C13H18BrNO/c1-9-10(14)4-5-11(16-2)12(9)13(8-15)6-3-7-13/h4-5H,3,6-8,15H2,1-2H3. The van der Waals surface area contributed by atoms with Gasteiger partial charge in [-0.05, 0) is 37.5 Å².